The van der Waals surface area contributed by atoms with Crippen LogP contribution in [0.3, 0.4) is 0 Å². The predicted octanol–water partition coefficient (Wildman–Crippen LogP) is 2.06. The van der Waals surface area contributed by atoms with E-state index in [4.69, 9.17) is 0 Å². The molecule has 0 spiro atoms. The summed E-state index contributed by atoms with van der Waals surface area (Å²) in [4.78, 5) is 24.7. The molecule has 1 atom stereocenters. The van der Waals surface area contributed by atoms with Gasteiger partial charge in [0.2, 0.25) is 5.91 Å². The number of carbonyl (C=O) groups excluding carboxylic acids is 2. The number of benzene rings is 1. The Labute approximate surface area is 104 Å². The van der Waals surface area contributed by atoms with Gasteiger partial charge in [0.05, 0.1) is 5.69 Å². The third kappa shape index (κ3) is 2.34. The first kappa shape index (κ1) is 12.1. The number of halogens is 1. The lowest BCUT2D eigenvalue weighted by atomic mass is 10.1. The van der Waals surface area contributed by atoms with Crippen LogP contribution in [0.25, 0.3) is 0 Å². The van der Waals surface area contributed by atoms with Gasteiger partial charge in [-0.15, -0.1) is 0 Å². The van der Waals surface area contributed by atoms with Gasteiger partial charge < -0.3 is 4.90 Å². The molecule has 3 nitrogen and oxygen atoms in total. The van der Waals surface area contributed by atoms with Crippen LogP contribution in [-0.2, 0) is 4.79 Å². The molecular weight excluding hydrogens is 241 g/mol. The van der Waals surface area contributed by atoms with Gasteiger partial charge in [-0.2, -0.15) is 12.6 Å². The maximum absolute atomic E-state index is 13.1. The molecule has 90 valence electrons. The molecule has 1 saturated heterocycles. The molecule has 1 aliphatic heterocycles. The van der Waals surface area contributed by atoms with E-state index >= 15 is 0 Å². The molecule has 0 N–H and O–H groups in total. The zero-order chi connectivity index (χ0) is 12.6. The first-order valence-electron chi connectivity index (χ1n) is 5.28. The molecule has 0 radical (unpaired) electrons. The average molecular weight is 253 g/mol. The molecule has 1 amide bonds. The minimum Gasteiger partial charge on any atom is -0.311 e. The minimum atomic E-state index is -0.479. The number of ketones is 1. The third-order valence-corrected chi connectivity index (χ3v) is 3.08. The second kappa shape index (κ2) is 4.49. The largest absolute Gasteiger partial charge is 0.311 e. The van der Waals surface area contributed by atoms with Crippen LogP contribution >= 0.6 is 12.6 Å². The van der Waals surface area contributed by atoms with Gasteiger partial charge in [-0.1, -0.05) is 0 Å². The Morgan fingerprint density at radius 1 is 1.53 bits per heavy atom. The van der Waals surface area contributed by atoms with Crippen LogP contribution < -0.4 is 4.90 Å². The number of Topliss-reactive ketones (excluding diaryl/α,β-unsaturated/α-hetero) is 1. The second-order valence-electron chi connectivity index (χ2n) is 4.08. The number of amides is 1. The van der Waals surface area contributed by atoms with E-state index in [2.05, 4.69) is 12.6 Å². The molecular formula is C12H12FNO2S. The summed E-state index contributed by atoms with van der Waals surface area (Å²) in [5.74, 6) is -0.818. The van der Waals surface area contributed by atoms with Crippen molar-refractivity contribution in [1.82, 2.24) is 0 Å². The van der Waals surface area contributed by atoms with Crippen LogP contribution in [0.4, 0.5) is 10.1 Å². The van der Waals surface area contributed by atoms with Crippen molar-refractivity contribution in [2.75, 3.05) is 11.4 Å². The fourth-order valence-corrected chi connectivity index (χ4v) is 2.27. The quantitative estimate of drug-likeness (QED) is 0.647. The Kier molecular flexibility index (Phi) is 3.19. The van der Waals surface area contributed by atoms with Crippen LogP contribution in [0.5, 0.6) is 0 Å². The van der Waals surface area contributed by atoms with E-state index in [0.29, 0.717) is 18.7 Å². The summed E-state index contributed by atoms with van der Waals surface area (Å²) in [7, 11) is 0. The number of nitrogens with zero attached hydrogens (tertiary/aromatic N) is 1. The van der Waals surface area contributed by atoms with Crippen LogP contribution in [0, 0.1) is 5.82 Å². The lowest BCUT2D eigenvalue weighted by Gasteiger charge is -2.18. The highest BCUT2D eigenvalue weighted by molar-refractivity contribution is 7.81. The molecule has 0 bridgehead atoms. The first-order chi connectivity index (χ1) is 7.99. The van der Waals surface area contributed by atoms with Gasteiger partial charge in [-0.3, -0.25) is 9.59 Å². The SMILES string of the molecule is CC(=O)c1cc(F)ccc1N1CC(S)CC1=O. The molecule has 0 aromatic heterocycles. The summed E-state index contributed by atoms with van der Waals surface area (Å²) in [6.45, 7) is 1.81. The van der Waals surface area contributed by atoms with E-state index < -0.39 is 5.82 Å². The number of hydrogen-bond acceptors (Lipinski definition) is 3. The maximum Gasteiger partial charge on any atom is 0.228 e. The molecule has 0 saturated carbocycles. The molecule has 0 aliphatic carbocycles. The Morgan fingerprint density at radius 3 is 2.76 bits per heavy atom. The van der Waals surface area contributed by atoms with Gasteiger partial charge >= 0.3 is 0 Å². The fourth-order valence-electron chi connectivity index (χ4n) is 1.95. The monoisotopic (exact) mass is 253 g/mol. The molecule has 1 unspecified atom stereocenters. The van der Waals surface area contributed by atoms with Gasteiger partial charge in [0.1, 0.15) is 5.82 Å². The van der Waals surface area contributed by atoms with Crippen molar-refractivity contribution in [2.45, 2.75) is 18.6 Å². The molecule has 1 aromatic rings. The summed E-state index contributed by atoms with van der Waals surface area (Å²) in [5.41, 5.74) is 0.709. The smallest absolute Gasteiger partial charge is 0.228 e. The number of thiol groups is 1. The van der Waals surface area contributed by atoms with E-state index in [1.807, 2.05) is 0 Å². The van der Waals surface area contributed by atoms with Crippen molar-refractivity contribution in [2.24, 2.45) is 0 Å². The lowest BCUT2D eigenvalue weighted by Crippen LogP contribution is -2.26. The van der Waals surface area contributed by atoms with Crippen molar-refractivity contribution in [3.05, 3.63) is 29.6 Å². The van der Waals surface area contributed by atoms with Crippen molar-refractivity contribution in [3.8, 4) is 0 Å². The normalized spacial score (nSPS) is 19.8. The summed E-state index contributed by atoms with van der Waals surface area (Å²) in [6.07, 6.45) is 0.345. The van der Waals surface area contributed by atoms with Gasteiger partial charge in [0.15, 0.2) is 5.78 Å². The Hall–Kier alpha value is -1.36. The van der Waals surface area contributed by atoms with Gasteiger partial charge in [0.25, 0.3) is 0 Å². The highest BCUT2D eigenvalue weighted by Crippen LogP contribution is 2.28. The molecule has 1 fully saturated rings. The van der Waals surface area contributed by atoms with E-state index in [-0.39, 0.29) is 22.5 Å². The van der Waals surface area contributed by atoms with Crippen LogP contribution in [-0.4, -0.2) is 23.5 Å². The van der Waals surface area contributed by atoms with Crippen molar-refractivity contribution in [1.29, 1.82) is 0 Å². The molecule has 1 aliphatic rings. The number of rotatable bonds is 2. The third-order valence-electron chi connectivity index (χ3n) is 2.73. The maximum atomic E-state index is 13.1. The molecule has 5 heteroatoms. The van der Waals surface area contributed by atoms with Crippen molar-refractivity contribution < 1.29 is 14.0 Å². The molecule has 1 heterocycles. The standard InChI is InChI=1S/C12H12FNO2S/c1-7(15)10-4-8(13)2-3-11(10)14-6-9(17)5-12(14)16/h2-4,9,17H,5-6H2,1H3. The summed E-state index contributed by atoms with van der Waals surface area (Å²) >= 11 is 4.25. The van der Waals surface area contributed by atoms with E-state index in [9.17, 15) is 14.0 Å². The topological polar surface area (TPSA) is 37.4 Å². The average Bonchev–Trinajstić information content (AvgIpc) is 2.57. The van der Waals surface area contributed by atoms with E-state index in [1.165, 1.54) is 24.0 Å². The highest BCUT2D eigenvalue weighted by atomic mass is 32.1. The van der Waals surface area contributed by atoms with E-state index in [0.717, 1.165) is 6.07 Å². The fraction of sp³-hybridized carbons (Fsp3) is 0.333. The lowest BCUT2D eigenvalue weighted by molar-refractivity contribution is -0.117. The zero-order valence-corrected chi connectivity index (χ0v) is 10.2. The number of carbonyl (C=O) groups is 2. The van der Waals surface area contributed by atoms with Crippen LogP contribution in [0.15, 0.2) is 18.2 Å². The first-order valence-corrected chi connectivity index (χ1v) is 5.79. The summed E-state index contributed by atoms with van der Waals surface area (Å²) in [6, 6.07) is 3.88. The van der Waals surface area contributed by atoms with Crippen LogP contribution in [0.1, 0.15) is 23.7 Å². The number of hydrogen-bond donors (Lipinski definition) is 1. The Bertz CT molecular complexity index is 489. The highest BCUT2D eigenvalue weighted by Gasteiger charge is 2.30. The summed E-state index contributed by atoms with van der Waals surface area (Å²) in [5, 5.41) is -0.0349. The molecule has 17 heavy (non-hydrogen) atoms. The van der Waals surface area contributed by atoms with Crippen LogP contribution in [0.2, 0.25) is 0 Å². The van der Waals surface area contributed by atoms with Crippen molar-refractivity contribution >= 4 is 30.0 Å². The van der Waals surface area contributed by atoms with Gasteiger partial charge in [-0.05, 0) is 25.1 Å². The van der Waals surface area contributed by atoms with Gasteiger partial charge in [0, 0.05) is 23.8 Å². The second-order valence-corrected chi connectivity index (χ2v) is 4.81. The van der Waals surface area contributed by atoms with Crippen molar-refractivity contribution in [3.63, 3.8) is 0 Å². The Balaban J connectivity index is 2.45. The molecule has 1 aromatic carbocycles. The summed E-state index contributed by atoms with van der Waals surface area (Å²) < 4.78 is 13.1. The zero-order valence-electron chi connectivity index (χ0n) is 9.31. The van der Waals surface area contributed by atoms with E-state index in [1.54, 1.807) is 0 Å². The number of anilines is 1. The Morgan fingerprint density at radius 2 is 2.24 bits per heavy atom. The molecule has 2 rings (SSSR count). The predicted molar refractivity (Wildman–Crippen MR) is 66.1 cm³/mol. The minimum absolute atomic E-state index is 0.0349. The van der Waals surface area contributed by atoms with Gasteiger partial charge in [-0.25, -0.2) is 4.39 Å².